The van der Waals surface area contributed by atoms with Gasteiger partial charge in [0.05, 0.1) is 12.1 Å². The molecule has 0 saturated carbocycles. The van der Waals surface area contributed by atoms with Crippen molar-refractivity contribution in [3.8, 4) is 22.9 Å². The third-order valence-corrected chi connectivity index (χ3v) is 7.93. The number of amides is 1. The van der Waals surface area contributed by atoms with Crippen molar-refractivity contribution >= 4 is 36.5 Å². The van der Waals surface area contributed by atoms with E-state index in [2.05, 4.69) is 42.3 Å². The Balaban J connectivity index is 1.58. The van der Waals surface area contributed by atoms with Gasteiger partial charge in [0, 0.05) is 43.4 Å². The van der Waals surface area contributed by atoms with E-state index in [1.54, 1.807) is 4.68 Å². The fourth-order valence-electron chi connectivity index (χ4n) is 4.13. The second-order valence-electron chi connectivity index (χ2n) is 12.8. The lowest BCUT2D eigenvalue weighted by atomic mass is 10.1. The molecular weight excluding hydrogens is 560 g/mol. The number of hydrogen-bond donors (Lipinski definition) is 2. The minimum Gasteiger partial charge on any atom is -0.494 e. The molecule has 0 unspecified atom stereocenters. The minimum atomic E-state index is -1.15. The highest BCUT2D eigenvalue weighted by Gasteiger charge is 2.16. The molecule has 2 aromatic heterocycles. The number of carbonyl (C=O) groups is 1. The largest absolute Gasteiger partial charge is 0.494 e. The molecule has 2 heterocycles. The molecule has 4 aromatic rings. The van der Waals surface area contributed by atoms with Crippen LogP contribution in [0.25, 0.3) is 22.3 Å². The molecule has 0 bridgehead atoms. The van der Waals surface area contributed by atoms with E-state index in [0.717, 1.165) is 41.3 Å². The zero-order chi connectivity index (χ0) is 31.0. The lowest BCUT2D eigenvalue weighted by Crippen LogP contribution is -2.43. The van der Waals surface area contributed by atoms with Gasteiger partial charge in [0.25, 0.3) is 5.91 Å². The van der Waals surface area contributed by atoms with Crippen molar-refractivity contribution in [1.82, 2.24) is 25.1 Å². The molecule has 11 heteroatoms. The van der Waals surface area contributed by atoms with E-state index < -0.39 is 8.07 Å². The van der Waals surface area contributed by atoms with Gasteiger partial charge >= 0.3 is 0 Å². The molecule has 2 aromatic carbocycles. The first-order chi connectivity index (χ1) is 20.4. The SMILES string of the molecule is CCCOc1ccc2nc(-c3cccc(OCC(=O)NC(C)(C)C)c3)nc(Nc3ccn(COCC[Si](C)(C)C)n3)c2c1. The monoisotopic (exact) mass is 604 g/mol. The van der Waals surface area contributed by atoms with Gasteiger partial charge in [-0.3, -0.25) is 4.79 Å². The quantitative estimate of drug-likeness (QED) is 0.122. The number of hydrogen-bond acceptors (Lipinski definition) is 8. The van der Waals surface area contributed by atoms with Crippen molar-refractivity contribution in [3.05, 3.63) is 54.7 Å². The molecule has 43 heavy (non-hydrogen) atoms. The number of nitrogens with zero attached hydrogens (tertiary/aromatic N) is 4. The van der Waals surface area contributed by atoms with Gasteiger partial charge in [0.2, 0.25) is 0 Å². The predicted molar refractivity (Wildman–Crippen MR) is 174 cm³/mol. The lowest BCUT2D eigenvalue weighted by Gasteiger charge is -2.20. The number of fused-ring (bicyclic) bond motifs is 1. The van der Waals surface area contributed by atoms with Gasteiger partial charge < -0.3 is 24.8 Å². The molecular formula is C32H44N6O4Si. The molecule has 230 valence electrons. The summed E-state index contributed by atoms with van der Waals surface area (Å²) < 4.78 is 19.3. The summed E-state index contributed by atoms with van der Waals surface area (Å²) in [4.78, 5) is 22.0. The summed E-state index contributed by atoms with van der Waals surface area (Å²) in [5.74, 6) is 2.86. The Bertz CT molecular complexity index is 1530. The Morgan fingerprint density at radius 1 is 0.977 bits per heavy atom. The molecule has 2 N–H and O–H groups in total. The molecule has 0 aliphatic carbocycles. The maximum atomic E-state index is 12.3. The second kappa shape index (κ2) is 14.0. The first kappa shape index (κ1) is 32.0. The van der Waals surface area contributed by atoms with Crippen LogP contribution in [0.15, 0.2) is 54.7 Å². The zero-order valence-electron chi connectivity index (χ0n) is 26.4. The normalized spacial score (nSPS) is 11.9. The third-order valence-electron chi connectivity index (χ3n) is 6.22. The molecule has 0 aliphatic rings. The Kier molecular flexibility index (Phi) is 10.4. The van der Waals surface area contributed by atoms with Crippen LogP contribution in [0, 0.1) is 0 Å². The van der Waals surface area contributed by atoms with Gasteiger partial charge in [-0.25, -0.2) is 14.6 Å². The fourth-order valence-corrected chi connectivity index (χ4v) is 4.88. The van der Waals surface area contributed by atoms with E-state index in [0.29, 0.717) is 36.5 Å². The van der Waals surface area contributed by atoms with Crippen molar-refractivity contribution < 1.29 is 19.0 Å². The minimum absolute atomic E-state index is 0.0862. The Hall–Kier alpha value is -3.96. The van der Waals surface area contributed by atoms with E-state index in [9.17, 15) is 4.79 Å². The zero-order valence-corrected chi connectivity index (χ0v) is 27.4. The number of anilines is 2. The standard InChI is InChI=1S/C32H44N6O4Si/c1-8-16-41-25-12-13-27-26(20-25)31(34-28-14-15-38(37-28)22-40-17-18-43(5,6)7)35-30(33-27)23-10-9-11-24(19-23)42-21-29(39)36-32(2,3)4/h9-15,19-20H,8,16-18,21-22H2,1-7H3,(H,36,39)(H,33,34,35,37). The van der Waals surface area contributed by atoms with E-state index >= 15 is 0 Å². The molecule has 0 spiro atoms. The van der Waals surface area contributed by atoms with Crippen LogP contribution >= 0.6 is 0 Å². The summed E-state index contributed by atoms with van der Waals surface area (Å²) in [7, 11) is -1.15. The van der Waals surface area contributed by atoms with Crippen LogP contribution in [-0.2, 0) is 16.3 Å². The molecule has 0 radical (unpaired) electrons. The van der Waals surface area contributed by atoms with Gasteiger partial charge in [-0.15, -0.1) is 0 Å². The molecule has 10 nitrogen and oxygen atoms in total. The topological polar surface area (TPSA) is 112 Å². The van der Waals surface area contributed by atoms with Gasteiger partial charge in [-0.1, -0.05) is 38.7 Å². The fraction of sp³-hybridized carbons (Fsp3) is 0.438. The first-order valence-electron chi connectivity index (χ1n) is 14.8. The van der Waals surface area contributed by atoms with Crippen LogP contribution in [0.1, 0.15) is 34.1 Å². The summed E-state index contributed by atoms with van der Waals surface area (Å²) >= 11 is 0. The number of nitrogens with one attached hydrogen (secondary N) is 2. The van der Waals surface area contributed by atoms with E-state index in [4.69, 9.17) is 24.2 Å². The van der Waals surface area contributed by atoms with Gasteiger partial charge in [0.1, 0.15) is 24.0 Å². The van der Waals surface area contributed by atoms with Crippen molar-refractivity contribution in [3.63, 3.8) is 0 Å². The van der Waals surface area contributed by atoms with Gasteiger partial charge in [-0.05, 0) is 63.6 Å². The summed E-state index contributed by atoms with van der Waals surface area (Å²) in [6, 6.07) is 16.2. The summed E-state index contributed by atoms with van der Waals surface area (Å²) in [6.07, 6.45) is 2.79. The van der Waals surface area contributed by atoms with E-state index in [1.807, 2.05) is 75.5 Å². The molecule has 0 atom stereocenters. The van der Waals surface area contributed by atoms with Crippen molar-refractivity contribution in [2.75, 3.05) is 25.1 Å². The Morgan fingerprint density at radius 2 is 1.77 bits per heavy atom. The maximum Gasteiger partial charge on any atom is 0.258 e. The van der Waals surface area contributed by atoms with Gasteiger partial charge in [0.15, 0.2) is 18.2 Å². The average molecular weight is 605 g/mol. The average Bonchev–Trinajstić information content (AvgIpc) is 3.39. The molecule has 0 fully saturated rings. The number of aromatic nitrogens is 4. The highest BCUT2D eigenvalue weighted by Crippen LogP contribution is 2.31. The first-order valence-corrected chi connectivity index (χ1v) is 18.5. The molecule has 1 amide bonds. The van der Waals surface area contributed by atoms with Crippen LogP contribution in [-0.4, -0.2) is 59.1 Å². The van der Waals surface area contributed by atoms with Crippen LogP contribution in [0.5, 0.6) is 11.5 Å². The van der Waals surface area contributed by atoms with Crippen molar-refractivity contribution in [2.24, 2.45) is 0 Å². The van der Waals surface area contributed by atoms with Crippen molar-refractivity contribution in [2.45, 2.75) is 72.1 Å². The molecule has 0 aliphatic heterocycles. The maximum absolute atomic E-state index is 12.3. The summed E-state index contributed by atoms with van der Waals surface area (Å²) in [5, 5.41) is 11.7. The van der Waals surface area contributed by atoms with Crippen molar-refractivity contribution in [1.29, 1.82) is 0 Å². The number of rotatable bonds is 14. The van der Waals surface area contributed by atoms with E-state index in [1.165, 1.54) is 0 Å². The summed E-state index contributed by atoms with van der Waals surface area (Å²) in [6.45, 7) is 16.5. The van der Waals surface area contributed by atoms with Crippen LogP contribution in [0.3, 0.4) is 0 Å². The highest BCUT2D eigenvalue weighted by molar-refractivity contribution is 6.76. The highest BCUT2D eigenvalue weighted by atomic mass is 28.3. The van der Waals surface area contributed by atoms with Crippen LogP contribution < -0.4 is 20.1 Å². The third kappa shape index (κ3) is 10.1. The number of carbonyl (C=O) groups excluding carboxylic acids is 1. The smallest absolute Gasteiger partial charge is 0.258 e. The van der Waals surface area contributed by atoms with Crippen LogP contribution in [0.4, 0.5) is 11.6 Å². The predicted octanol–water partition coefficient (Wildman–Crippen LogP) is 6.63. The molecule has 4 rings (SSSR count). The second-order valence-corrected chi connectivity index (χ2v) is 18.4. The lowest BCUT2D eigenvalue weighted by molar-refractivity contribution is -0.124. The Labute approximate surface area is 255 Å². The molecule has 0 saturated heterocycles. The number of ether oxygens (including phenoxy) is 3. The number of benzene rings is 2. The van der Waals surface area contributed by atoms with Crippen LogP contribution in [0.2, 0.25) is 25.7 Å². The Morgan fingerprint density at radius 3 is 2.51 bits per heavy atom. The van der Waals surface area contributed by atoms with E-state index in [-0.39, 0.29) is 18.1 Å². The summed E-state index contributed by atoms with van der Waals surface area (Å²) in [5.41, 5.74) is 1.18. The van der Waals surface area contributed by atoms with Gasteiger partial charge in [-0.2, -0.15) is 5.10 Å².